The van der Waals surface area contributed by atoms with Gasteiger partial charge in [0.2, 0.25) is 0 Å². The van der Waals surface area contributed by atoms with E-state index in [0.29, 0.717) is 44.0 Å². The first kappa shape index (κ1) is 42.8. The van der Waals surface area contributed by atoms with Crippen LogP contribution in [0, 0.1) is 35.5 Å². The normalized spacial score (nSPS) is 27.4. The number of phenolic OH excluding ortho intramolecular Hbond substituents is 2. The van der Waals surface area contributed by atoms with Crippen molar-refractivity contribution in [2.75, 3.05) is 13.2 Å². The van der Waals surface area contributed by atoms with Crippen LogP contribution in [0.4, 0.5) is 0 Å². The number of phenols is 2. The highest BCUT2D eigenvalue weighted by atomic mass is 16.5. The first-order valence-corrected chi connectivity index (χ1v) is 22.7. The van der Waals surface area contributed by atoms with Gasteiger partial charge in [-0.15, -0.1) is 0 Å². The Bertz CT molecular complexity index is 1940. The van der Waals surface area contributed by atoms with Crippen LogP contribution in [0.15, 0.2) is 58.6 Å². The number of aliphatic hydroxyl groups excluding tert-OH is 1. The summed E-state index contributed by atoms with van der Waals surface area (Å²) < 4.78 is 13.7. The summed E-state index contributed by atoms with van der Waals surface area (Å²) in [5.74, 6) is 8.20. The molecular weight excluding hydrogens is 739 g/mol. The maximum Gasteiger partial charge on any atom is 0.186 e. The van der Waals surface area contributed by atoms with Crippen LogP contribution in [0.1, 0.15) is 151 Å². The molecule has 0 unspecified atom stereocenters. The maximum atomic E-state index is 13.5. The number of rotatable bonds is 14. The number of aliphatic imine (C=N–C) groups is 1. The molecule has 7 N–H and O–H groups in total. The van der Waals surface area contributed by atoms with Gasteiger partial charge in [-0.05, 0) is 135 Å². The monoisotopic (exact) mass is 806 g/mol. The van der Waals surface area contributed by atoms with Gasteiger partial charge in [-0.3, -0.25) is 4.79 Å². The Balaban J connectivity index is 1.43. The second-order valence-electron chi connectivity index (χ2n) is 18.3. The number of ether oxygens (including phenoxy) is 2. The number of guanidine groups is 1. The van der Waals surface area contributed by atoms with Gasteiger partial charge in [-0.2, -0.15) is 0 Å². The van der Waals surface area contributed by atoms with Gasteiger partial charge in [0.1, 0.15) is 5.75 Å². The molecule has 318 valence electrons. The Hall–Kier alpha value is -4.26. The molecular formula is C50H67N3O6. The zero-order chi connectivity index (χ0) is 41.5. The van der Waals surface area contributed by atoms with Gasteiger partial charge in [-0.25, -0.2) is 4.99 Å². The van der Waals surface area contributed by atoms with E-state index in [4.69, 9.17) is 25.9 Å². The number of aliphatic hydroxyl groups is 1. The van der Waals surface area contributed by atoms with Crippen LogP contribution in [0.2, 0.25) is 0 Å². The van der Waals surface area contributed by atoms with E-state index in [-0.39, 0.29) is 84.1 Å². The molecule has 59 heavy (non-hydrogen) atoms. The third-order valence-electron chi connectivity index (χ3n) is 13.8. The zero-order valence-corrected chi connectivity index (χ0v) is 35.3. The maximum absolute atomic E-state index is 13.5. The summed E-state index contributed by atoms with van der Waals surface area (Å²) in [6.07, 6.45) is 19.2. The zero-order valence-electron chi connectivity index (χ0n) is 35.3. The number of aromatic hydroxyl groups is 2. The highest BCUT2D eigenvalue weighted by Crippen LogP contribution is 2.59. The SMILES string of the molecule is CCC/C(=C/C(=O)CCc1cc(OC2CCCC2)c(O)c2c1C#CC[C@H](N=C(N)N)C[C@H]1C=C3[C@@H](C[C@H](C)C[C@@H]3c3cccc(O)c3)[C@H]2[C@H]1COC1CCCCC1)CO. The molecule has 7 rings (SSSR count). The van der Waals surface area contributed by atoms with E-state index in [0.717, 1.165) is 85.6 Å². The molecule has 9 nitrogen and oxygen atoms in total. The number of allylic oxidation sites excluding steroid dienone is 3. The number of nitrogens with zero attached hydrogens (tertiary/aromatic N) is 1. The largest absolute Gasteiger partial charge is 0.508 e. The molecule has 0 saturated heterocycles. The van der Waals surface area contributed by atoms with Crippen LogP contribution < -0.4 is 16.2 Å². The number of fused-ring (bicyclic) bond motifs is 6. The van der Waals surface area contributed by atoms with E-state index in [9.17, 15) is 20.1 Å². The molecule has 3 saturated carbocycles. The van der Waals surface area contributed by atoms with E-state index in [2.05, 4.69) is 30.9 Å². The first-order chi connectivity index (χ1) is 28.6. The molecule has 2 aromatic rings. The number of ketones is 1. The minimum Gasteiger partial charge on any atom is -0.508 e. The van der Waals surface area contributed by atoms with Gasteiger partial charge >= 0.3 is 0 Å². The average molecular weight is 806 g/mol. The lowest BCUT2D eigenvalue weighted by Gasteiger charge is -2.50. The molecule has 3 fully saturated rings. The average Bonchev–Trinajstić information content (AvgIpc) is 3.73. The molecule has 7 atom stereocenters. The standard InChI is InChI=1S/C50H67N3O6/c1-3-11-32(29-54)24-38(56)21-20-34-28-46(59-40-17-7-8-18-40)49(57)48-41(34)19-10-13-36(53-50(51)52)25-35-27-43-42(33-12-9-14-37(55)26-33)22-31(2)23-44(43)47(48)45(35)30-58-39-15-5-4-6-16-39/h9,12,14,24,26-28,31,35-36,39-40,42,44-45,47,54-55,57H,3-8,11,13,15-18,20-23,25,29-30H2,1-2H3,(H4,51,52,53)/b32-24-/t31-,35+,36+,42-,44-,45+,47+/m1/s1. The van der Waals surface area contributed by atoms with Gasteiger partial charge in [-0.1, -0.05) is 75.2 Å². The molecule has 0 spiro atoms. The summed E-state index contributed by atoms with van der Waals surface area (Å²) in [5, 5.41) is 33.5. The van der Waals surface area contributed by atoms with Crippen LogP contribution in [0.3, 0.4) is 0 Å². The fraction of sp³-hybridized carbons (Fsp3) is 0.600. The van der Waals surface area contributed by atoms with E-state index < -0.39 is 0 Å². The minimum absolute atomic E-state index is 0.00770. The van der Waals surface area contributed by atoms with Crippen LogP contribution in [-0.2, 0) is 16.0 Å². The Morgan fingerprint density at radius 2 is 1.75 bits per heavy atom. The van der Waals surface area contributed by atoms with Crippen molar-refractivity contribution >= 4 is 11.7 Å². The topological polar surface area (TPSA) is 161 Å². The molecule has 9 heteroatoms. The summed E-state index contributed by atoms with van der Waals surface area (Å²) in [6.45, 7) is 4.76. The molecule has 2 aromatic carbocycles. The third-order valence-corrected chi connectivity index (χ3v) is 13.8. The van der Waals surface area contributed by atoms with Crippen molar-refractivity contribution in [2.45, 2.75) is 153 Å². The van der Waals surface area contributed by atoms with E-state index in [1.807, 2.05) is 25.1 Å². The predicted octanol–water partition coefficient (Wildman–Crippen LogP) is 8.86. The van der Waals surface area contributed by atoms with Gasteiger partial charge in [0.15, 0.2) is 23.2 Å². The van der Waals surface area contributed by atoms with Crippen LogP contribution in [0.25, 0.3) is 0 Å². The summed E-state index contributed by atoms with van der Waals surface area (Å²) >= 11 is 0. The van der Waals surface area contributed by atoms with E-state index in [1.165, 1.54) is 24.8 Å². The number of aryl methyl sites for hydroxylation is 1. The summed E-state index contributed by atoms with van der Waals surface area (Å²) in [7, 11) is 0. The molecule has 2 bridgehead atoms. The fourth-order valence-electron chi connectivity index (χ4n) is 11.1. The first-order valence-electron chi connectivity index (χ1n) is 22.7. The van der Waals surface area contributed by atoms with Crippen molar-refractivity contribution < 1.29 is 29.6 Å². The Morgan fingerprint density at radius 3 is 2.47 bits per heavy atom. The number of carbonyl (C=O) groups is 1. The Morgan fingerprint density at radius 1 is 0.983 bits per heavy atom. The number of nitrogens with two attached hydrogens (primary N) is 2. The molecule has 0 heterocycles. The molecule has 0 amide bonds. The van der Waals surface area contributed by atoms with Gasteiger partial charge < -0.3 is 36.3 Å². The van der Waals surface area contributed by atoms with Crippen molar-refractivity contribution in [2.24, 2.45) is 40.1 Å². The molecule has 5 aliphatic carbocycles. The smallest absolute Gasteiger partial charge is 0.186 e. The minimum atomic E-state index is -0.254. The van der Waals surface area contributed by atoms with Crippen molar-refractivity contribution in [3.05, 3.63) is 75.9 Å². The van der Waals surface area contributed by atoms with E-state index in [1.54, 1.807) is 12.1 Å². The summed E-state index contributed by atoms with van der Waals surface area (Å²) in [5.41, 5.74) is 17.8. The molecule has 0 radical (unpaired) electrons. The third kappa shape index (κ3) is 10.4. The van der Waals surface area contributed by atoms with E-state index >= 15 is 0 Å². The quantitative estimate of drug-likeness (QED) is 0.0416. The molecule has 5 aliphatic rings. The second-order valence-corrected chi connectivity index (χ2v) is 18.3. The Kier molecular flexibility index (Phi) is 14.4. The van der Waals surface area contributed by atoms with Gasteiger partial charge in [0.05, 0.1) is 31.5 Å². The predicted molar refractivity (Wildman–Crippen MR) is 233 cm³/mol. The van der Waals surface area contributed by atoms with Crippen LogP contribution in [-0.4, -0.2) is 58.5 Å². The second kappa shape index (κ2) is 19.9. The number of hydrogen-bond donors (Lipinski definition) is 5. The lowest BCUT2D eigenvalue weighted by molar-refractivity contribution is -0.114. The van der Waals surface area contributed by atoms with Crippen molar-refractivity contribution in [1.29, 1.82) is 0 Å². The summed E-state index contributed by atoms with van der Waals surface area (Å²) in [4.78, 5) is 18.3. The number of carbonyl (C=O) groups excluding carboxylic acids is 1. The highest BCUT2D eigenvalue weighted by Gasteiger charge is 2.49. The number of benzene rings is 2. The van der Waals surface area contributed by atoms with Gasteiger partial charge in [0.25, 0.3) is 0 Å². The van der Waals surface area contributed by atoms with Crippen molar-refractivity contribution in [1.82, 2.24) is 0 Å². The lowest BCUT2D eigenvalue weighted by Crippen LogP contribution is -2.42. The molecule has 0 aliphatic heterocycles. The fourth-order valence-corrected chi connectivity index (χ4v) is 11.1. The summed E-state index contributed by atoms with van der Waals surface area (Å²) in [6, 6.07) is 9.39. The van der Waals surface area contributed by atoms with Crippen molar-refractivity contribution in [3.8, 4) is 29.1 Å². The van der Waals surface area contributed by atoms with Gasteiger partial charge in [0, 0.05) is 35.8 Å². The molecule has 0 aromatic heterocycles. The number of hydrogen-bond acceptors (Lipinski definition) is 7. The van der Waals surface area contributed by atoms with Crippen LogP contribution >= 0.6 is 0 Å². The lowest BCUT2D eigenvalue weighted by atomic mass is 9.55. The van der Waals surface area contributed by atoms with Crippen LogP contribution in [0.5, 0.6) is 17.2 Å². The van der Waals surface area contributed by atoms with Crippen molar-refractivity contribution in [3.63, 3.8) is 0 Å². The highest BCUT2D eigenvalue weighted by molar-refractivity contribution is 5.90. The Labute approximate surface area is 351 Å².